The van der Waals surface area contributed by atoms with Crippen molar-refractivity contribution in [3.63, 3.8) is 0 Å². The Bertz CT molecular complexity index is 625. The number of fused-ring (bicyclic) bond motifs is 4. The van der Waals surface area contributed by atoms with Crippen LogP contribution in [0.2, 0.25) is 0 Å². The molecule has 22 heavy (non-hydrogen) atoms. The quantitative estimate of drug-likeness (QED) is 0.911. The van der Waals surface area contributed by atoms with E-state index in [1.807, 2.05) is 28.5 Å². The monoisotopic (exact) mass is 303 g/mol. The lowest BCUT2D eigenvalue weighted by Crippen LogP contribution is -2.54. The van der Waals surface area contributed by atoms with Gasteiger partial charge in [0, 0.05) is 37.3 Å². The molecule has 2 aliphatic heterocycles. The average Bonchev–Trinajstić information content (AvgIpc) is 2.53. The summed E-state index contributed by atoms with van der Waals surface area (Å²) in [7, 11) is 0. The highest BCUT2D eigenvalue weighted by Crippen LogP contribution is 2.35. The molecule has 120 valence electrons. The second-order valence-corrected chi connectivity index (χ2v) is 6.85. The minimum atomic E-state index is -0.415. The minimum Gasteiger partial charge on any atom is -0.340 e. The van der Waals surface area contributed by atoms with Crippen LogP contribution in [-0.2, 0) is 11.3 Å². The molecule has 5 heteroatoms. The van der Waals surface area contributed by atoms with Gasteiger partial charge in [-0.05, 0) is 24.3 Å². The van der Waals surface area contributed by atoms with Gasteiger partial charge < -0.3 is 15.2 Å². The van der Waals surface area contributed by atoms with E-state index < -0.39 is 6.04 Å². The standard InChI is InChI=1S/C17H25N3O2/c1-3-11(2)16(18)17(22)19-8-12-7-13(10-19)14-5-4-6-15(21)20(14)9-12/h4-6,11-13,16H,3,7-10,18H2,1-2H3/t11-,12+,13-,16-/m0/s1. The molecular formula is C17H25N3O2. The predicted molar refractivity (Wildman–Crippen MR) is 85.6 cm³/mol. The van der Waals surface area contributed by atoms with Gasteiger partial charge in [0.05, 0.1) is 6.04 Å². The number of hydrogen-bond donors (Lipinski definition) is 1. The summed E-state index contributed by atoms with van der Waals surface area (Å²) in [6.07, 6.45) is 1.97. The third-order valence-electron chi connectivity index (χ3n) is 5.33. The fourth-order valence-corrected chi connectivity index (χ4v) is 3.78. The number of aromatic nitrogens is 1. The summed E-state index contributed by atoms with van der Waals surface area (Å²) < 4.78 is 1.88. The highest BCUT2D eigenvalue weighted by Gasteiger charge is 2.37. The zero-order chi connectivity index (χ0) is 15.9. The molecule has 2 aliphatic rings. The topological polar surface area (TPSA) is 68.3 Å². The van der Waals surface area contributed by atoms with E-state index in [9.17, 15) is 9.59 Å². The highest BCUT2D eigenvalue weighted by molar-refractivity contribution is 5.82. The number of pyridine rings is 1. The van der Waals surface area contributed by atoms with Crippen LogP contribution in [0.1, 0.15) is 38.3 Å². The summed E-state index contributed by atoms with van der Waals surface area (Å²) in [5, 5.41) is 0. The molecule has 1 fully saturated rings. The molecule has 0 spiro atoms. The molecule has 1 aromatic heterocycles. The van der Waals surface area contributed by atoms with E-state index in [-0.39, 0.29) is 23.3 Å². The van der Waals surface area contributed by atoms with Gasteiger partial charge in [0.1, 0.15) is 0 Å². The number of carbonyl (C=O) groups excluding carboxylic acids is 1. The number of likely N-dealkylation sites (tertiary alicyclic amines) is 1. The summed E-state index contributed by atoms with van der Waals surface area (Å²) in [5.74, 6) is 0.883. The van der Waals surface area contributed by atoms with Gasteiger partial charge >= 0.3 is 0 Å². The van der Waals surface area contributed by atoms with E-state index in [0.717, 1.165) is 25.1 Å². The van der Waals surface area contributed by atoms with Crippen LogP contribution in [-0.4, -0.2) is 34.5 Å². The number of amides is 1. The second-order valence-electron chi connectivity index (χ2n) is 6.85. The first-order valence-electron chi connectivity index (χ1n) is 8.25. The normalized spacial score (nSPS) is 26.2. The van der Waals surface area contributed by atoms with E-state index in [1.165, 1.54) is 0 Å². The molecule has 3 rings (SSSR count). The van der Waals surface area contributed by atoms with Crippen LogP contribution in [0.5, 0.6) is 0 Å². The Labute approximate surface area is 131 Å². The SMILES string of the molecule is CC[C@H](C)[C@H](N)C(=O)N1C[C@H]2C[C@@H](C1)c1cccc(=O)n1C2. The molecule has 3 heterocycles. The Morgan fingerprint density at radius 3 is 2.86 bits per heavy atom. The first-order valence-corrected chi connectivity index (χ1v) is 8.25. The molecule has 1 saturated heterocycles. The fourth-order valence-electron chi connectivity index (χ4n) is 3.78. The van der Waals surface area contributed by atoms with Crippen molar-refractivity contribution in [1.29, 1.82) is 0 Å². The van der Waals surface area contributed by atoms with Gasteiger partial charge in [-0.15, -0.1) is 0 Å². The number of nitrogens with two attached hydrogens (primary N) is 1. The molecule has 5 nitrogen and oxygen atoms in total. The molecule has 4 atom stereocenters. The van der Waals surface area contributed by atoms with Crippen LogP contribution in [0, 0.1) is 11.8 Å². The predicted octanol–water partition coefficient (Wildman–Crippen LogP) is 1.17. The van der Waals surface area contributed by atoms with E-state index in [4.69, 9.17) is 5.73 Å². The van der Waals surface area contributed by atoms with Crippen molar-refractivity contribution in [2.24, 2.45) is 17.6 Å². The number of hydrogen-bond acceptors (Lipinski definition) is 3. The van der Waals surface area contributed by atoms with Gasteiger partial charge in [0.25, 0.3) is 5.56 Å². The van der Waals surface area contributed by atoms with Crippen LogP contribution in [0.3, 0.4) is 0 Å². The third kappa shape index (κ3) is 2.58. The summed E-state index contributed by atoms with van der Waals surface area (Å²) in [5.41, 5.74) is 7.27. The Morgan fingerprint density at radius 1 is 1.36 bits per heavy atom. The van der Waals surface area contributed by atoms with E-state index >= 15 is 0 Å². The molecule has 0 aliphatic carbocycles. The highest BCUT2D eigenvalue weighted by atomic mass is 16.2. The number of carbonyl (C=O) groups is 1. The Hall–Kier alpha value is -1.62. The maximum absolute atomic E-state index is 12.6. The van der Waals surface area contributed by atoms with Gasteiger partial charge in [-0.1, -0.05) is 26.3 Å². The van der Waals surface area contributed by atoms with Gasteiger partial charge in [-0.3, -0.25) is 9.59 Å². The summed E-state index contributed by atoms with van der Waals surface area (Å²) in [6, 6.07) is 5.04. The largest absolute Gasteiger partial charge is 0.340 e. The van der Waals surface area contributed by atoms with Crippen molar-refractivity contribution in [3.05, 3.63) is 34.2 Å². The smallest absolute Gasteiger partial charge is 0.250 e. The first kappa shape index (κ1) is 15.3. The molecule has 0 aromatic carbocycles. The molecule has 0 unspecified atom stereocenters. The van der Waals surface area contributed by atoms with Crippen molar-refractivity contribution < 1.29 is 4.79 Å². The van der Waals surface area contributed by atoms with Crippen molar-refractivity contribution >= 4 is 5.91 Å². The maximum Gasteiger partial charge on any atom is 0.250 e. The Morgan fingerprint density at radius 2 is 2.14 bits per heavy atom. The lowest BCUT2D eigenvalue weighted by atomic mass is 9.82. The number of nitrogens with zero attached hydrogens (tertiary/aromatic N) is 2. The third-order valence-corrected chi connectivity index (χ3v) is 5.33. The van der Waals surface area contributed by atoms with Crippen molar-refractivity contribution in [1.82, 2.24) is 9.47 Å². The molecule has 1 amide bonds. The molecule has 0 radical (unpaired) electrons. The molecular weight excluding hydrogens is 278 g/mol. The molecule has 0 saturated carbocycles. The molecule has 1 aromatic rings. The van der Waals surface area contributed by atoms with Crippen LogP contribution < -0.4 is 11.3 Å². The molecule has 2 N–H and O–H groups in total. The van der Waals surface area contributed by atoms with Gasteiger partial charge in [0.15, 0.2) is 0 Å². The van der Waals surface area contributed by atoms with E-state index in [0.29, 0.717) is 19.0 Å². The summed E-state index contributed by atoms with van der Waals surface area (Å²) in [4.78, 5) is 26.6. The van der Waals surface area contributed by atoms with Crippen LogP contribution in [0.4, 0.5) is 0 Å². The van der Waals surface area contributed by atoms with E-state index in [2.05, 4.69) is 6.92 Å². The van der Waals surface area contributed by atoms with Crippen LogP contribution in [0.15, 0.2) is 23.0 Å². The number of rotatable bonds is 3. The van der Waals surface area contributed by atoms with Crippen LogP contribution >= 0.6 is 0 Å². The van der Waals surface area contributed by atoms with Crippen LogP contribution in [0.25, 0.3) is 0 Å². The average molecular weight is 303 g/mol. The van der Waals surface area contributed by atoms with Gasteiger partial charge in [0.2, 0.25) is 5.91 Å². The zero-order valence-electron chi connectivity index (χ0n) is 13.4. The molecule has 2 bridgehead atoms. The van der Waals surface area contributed by atoms with Gasteiger partial charge in [-0.2, -0.15) is 0 Å². The zero-order valence-corrected chi connectivity index (χ0v) is 13.4. The number of piperidine rings is 1. The second kappa shape index (κ2) is 5.88. The van der Waals surface area contributed by atoms with Crippen molar-refractivity contribution in [2.75, 3.05) is 13.1 Å². The van der Waals surface area contributed by atoms with E-state index in [1.54, 1.807) is 6.07 Å². The lowest BCUT2D eigenvalue weighted by Gasteiger charge is -2.43. The lowest BCUT2D eigenvalue weighted by molar-refractivity contribution is -0.136. The minimum absolute atomic E-state index is 0.0655. The Balaban J connectivity index is 1.82. The maximum atomic E-state index is 12.6. The summed E-state index contributed by atoms with van der Waals surface area (Å²) in [6.45, 7) is 6.21. The van der Waals surface area contributed by atoms with Crippen molar-refractivity contribution in [2.45, 2.75) is 45.2 Å². The Kier molecular flexibility index (Phi) is 4.08. The first-order chi connectivity index (χ1) is 10.5. The van der Waals surface area contributed by atoms with Gasteiger partial charge in [-0.25, -0.2) is 0 Å². The van der Waals surface area contributed by atoms with Crippen molar-refractivity contribution in [3.8, 4) is 0 Å². The summed E-state index contributed by atoms with van der Waals surface area (Å²) >= 11 is 0. The fraction of sp³-hybridized carbons (Fsp3) is 0.647.